The quantitative estimate of drug-likeness (QED) is 0.503. The average Bonchev–Trinajstić information content (AvgIpc) is 2.48. The van der Waals surface area contributed by atoms with Crippen LogP contribution in [0.1, 0.15) is 5.56 Å². The number of ether oxygens (including phenoxy) is 1. The number of hydrogen-bond acceptors (Lipinski definition) is 3. The van der Waals surface area contributed by atoms with Gasteiger partial charge in [-0.3, -0.25) is 0 Å². The molecule has 0 aliphatic carbocycles. The summed E-state index contributed by atoms with van der Waals surface area (Å²) in [5, 5.41) is 0. The van der Waals surface area contributed by atoms with E-state index in [4.69, 9.17) is 8.92 Å². The molecule has 2 aromatic carbocycles. The van der Waals surface area contributed by atoms with Crippen LogP contribution >= 0.6 is 10.3 Å². The Morgan fingerprint density at radius 1 is 1.00 bits per heavy atom. The van der Waals surface area contributed by atoms with Crippen molar-refractivity contribution in [1.82, 2.24) is 0 Å². The van der Waals surface area contributed by atoms with E-state index in [-0.39, 0.29) is 22.9 Å². The molecular formula is C18H18F3NO2S. The van der Waals surface area contributed by atoms with E-state index in [0.29, 0.717) is 6.07 Å². The minimum absolute atomic E-state index is 0.159. The fourth-order valence-corrected chi connectivity index (χ4v) is 2.46. The van der Waals surface area contributed by atoms with Crippen molar-refractivity contribution in [3.63, 3.8) is 0 Å². The third-order valence-corrected chi connectivity index (χ3v) is 3.47. The van der Waals surface area contributed by atoms with Gasteiger partial charge in [-0.1, -0.05) is 10.3 Å². The van der Waals surface area contributed by atoms with E-state index in [2.05, 4.69) is 11.6 Å². The largest absolute Gasteiger partial charge is 0.454 e. The zero-order valence-electron chi connectivity index (χ0n) is 14.1. The third kappa shape index (κ3) is 5.86. The fourth-order valence-electron chi connectivity index (χ4n) is 1.84. The van der Waals surface area contributed by atoms with Crippen molar-refractivity contribution in [1.29, 1.82) is 0 Å². The molecule has 134 valence electrons. The maximum absolute atomic E-state index is 13.7. The maximum atomic E-state index is 13.7. The van der Waals surface area contributed by atoms with E-state index in [1.54, 1.807) is 0 Å². The third-order valence-electron chi connectivity index (χ3n) is 2.78. The number of nitrogens with zero attached hydrogens (tertiary/aromatic N) is 1. The predicted molar refractivity (Wildman–Crippen MR) is 96.0 cm³/mol. The standard InChI is InChI=1S/C18H18F3NO2S/c1-12(24-25(2,3)4)22-11-13-9-14(19)5-7-17(13)23-18-8-6-15(20)10-16(18)21/h5-11H,1H2,2-4H3/b22-11+. The van der Waals surface area contributed by atoms with Gasteiger partial charge in [0.2, 0.25) is 5.88 Å². The molecule has 0 saturated heterocycles. The summed E-state index contributed by atoms with van der Waals surface area (Å²) < 4.78 is 51.2. The van der Waals surface area contributed by atoms with E-state index in [1.807, 2.05) is 18.8 Å². The van der Waals surface area contributed by atoms with Crippen LogP contribution in [-0.2, 0) is 4.18 Å². The molecule has 0 saturated carbocycles. The van der Waals surface area contributed by atoms with Crippen molar-refractivity contribution in [2.45, 2.75) is 0 Å². The molecule has 0 heterocycles. The predicted octanol–water partition coefficient (Wildman–Crippen LogP) is 5.41. The van der Waals surface area contributed by atoms with Crippen LogP contribution in [-0.4, -0.2) is 25.0 Å². The van der Waals surface area contributed by atoms with Gasteiger partial charge >= 0.3 is 0 Å². The fraction of sp³-hybridized carbons (Fsp3) is 0.167. The highest BCUT2D eigenvalue weighted by Gasteiger charge is 2.11. The van der Waals surface area contributed by atoms with Crippen LogP contribution < -0.4 is 4.74 Å². The first-order chi connectivity index (χ1) is 11.6. The topological polar surface area (TPSA) is 30.8 Å². The Balaban J connectivity index is 2.26. The van der Waals surface area contributed by atoms with Crippen molar-refractivity contribution in [3.8, 4) is 11.5 Å². The molecule has 2 aromatic rings. The number of rotatable bonds is 6. The highest BCUT2D eigenvalue weighted by atomic mass is 32.3. The monoisotopic (exact) mass is 369 g/mol. The van der Waals surface area contributed by atoms with Crippen LogP contribution in [0.3, 0.4) is 0 Å². The smallest absolute Gasteiger partial charge is 0.217 e. The van der Waals surface area contributed by atoms with Crippen LogP contribution in [0.15, 0.2) is 53.9 Å². The Bertz CT molecular complexity index is 816. The van der Waals surface area contributed by atoms with Gasteiger partial charge < -0.3 is 8.92 Å². The van der Waals surface area contributed by atoms with Gasteiger partial charge in [0.1, 0.15) is 17.4 Å². The van der Waals surface area contributed by atoms with E-state index in [9.17, 15) is 13.2 Å². The zero-order valence-corrected chi connectivity index (χ0v) is 14.9. The first-order valence-corrected chi connectivity index (χ1v) is 9.95. The van der Waals surface area contributed by atoms with Gasteiger partial charge in [-0.25, -0.2) is 18.2 Å². The first kappa shape index (κ1) is 18.9. The van der Waals surface area contributed by atoms with Gasteiger partial charge in [0, 0.05) is 17.8 Å². The molecule has 7 heteroatoms. The Morgan fingerprint density at radius 3 is 2.20 bits per heavy atom. The molecule has 25 heavy (non-hydrogen) atoms. The summed E-state index contributed by atoms with van der Waals surface area (Å²) in [7, 11) is -1.31. The Hall–Kier alpha value is -2.41. The molecule has 0 amide bonds. The number of hydrogen-bond donors (Lipinski definition) is 0. The molecule has 0 N–H and O–H groups in total. The van der Waals surface area contributed by atoms with Gasteiger partial charge in [-0.2, -0.15) is 0 Å². The first-order valence-electron chi connectivity index (χ1n) is 7.17. The highest BCUT2D eigenvalue weighted by Crippen LogP contribution is 2.38. The summed E-state index contributed by atoms with van der Waals surface area (Å²) in [5.74, 6) is -1.95. The van der Waals surface area contributed by atoms with Gasteiger partial charge in [0.25, 0.3) is 0 Å². The van der Waals surface area contributed by atoms with Crippen molar-refractivity contribution in [2.75, 3.05) is 18.8 Å². The van der Waals surface area contributed by atoms with E-state index >= 15 is 0 Å². The molecular weight excluding hydrogens is 351 g/mol. The van der Waals surface area contributed by atoms with Crippen molar-refractivity contribution in [2.24, 2.45) is 4.99 Å². The van der Waals surface area contributed by atoms with Crippen LogP contribution in [0.5, 0.6) is 11.5 Å². The lowest BCUT2D eigenvalue weighted by Gasteiger charge is -2.25. The summed E-state index contributed by atoms with van der Waals surface area (Å²) in [5.41, 5.74) is 0.261. The van der Waals surface area contributed by atoms with E-state index < -0.39 is 27.8 Å². The van der Waals surface area contributed by atoms with Crippen LogP contribution in [0.25, 0.3) is 0 Å². The lowest BCUT2D eigenvalue weighted by molar-refractivity contribution is 0.436. The SMILES string of the molecule is C=C(/N=C/c1cc(F)ccc1Oc1ccc(F)cc1F)OS(C)(C)C. The summed E-state index contributed by atoms with van der Waals surface area (Å²) in [4.78, 5) is 4.04. The lowest BCUT2D eigenvalue weighted by Crippen LogP contribution is -1.98. The van der Waals surface area contributed by atoms with Crippen molar-refractivity contribution in [3.05, 3.63) is 71.9 Å². The molecule has 0 aliphatic rings. The molecule has 0 radical (unpaired) electrons. The minimum atomic E-state index is -1.31. The van der Waals surface area contributed by atoms with Gasteiger partial charge in [-0.05, 0) is 55.7 Å². The Labute approximate surface area is 146 Å². The average molecular weight is 369 g/mol. The summed E-state index contributed by atoms with van der Waals surface area (Å²) >= 11 is 0. The summed E-state index contributed by atoms with van der Waals surface area (Å²) in [6.45, 7) is 3.68. The van der Waals surface area contributed by atoms with E-state index in [1.165, 1.54) is 24.4 Å². The number of aliphatic imine (C=N–C) groups is 1. The highest BCUT2D eigenvalue weighted by molar-refractivity contribution is 8.28. The molecule has 0 aromatic heterocycles. The Kier molecular flexibility index (Phi) is 5.79. The molecule has 0 atom stereocenters. The molecule has 0 unspecified atom stereocenters. The maximum Gasteiger partial charge on any atom is 0.217 e. The molecule has 3 nitrogen and oxygen atoms in total. The normalized spacial score (nSPS) is 12.2. The van der Waals surface area contributed by atoms with Crippen LogP contribution in [0.2, 0.25) is 0 Å². The molecule has 0 spiro atoms. The second kappa shape index (κ2) is 7.65. The molecule has 0 fully saturated rings. The molecule has 0 aliphatic heterocycles. The number of benzene rings is 2. The number of halogens is 3. The minimum Gasteiger partial charge on any atom is -0.454 e. The summed E-state index contributed by atoms with van der Waals surface area (Å²) in [6.07, 6.45) is 7.07. The van der Waals surface area contributed by atoms with Crippen LogP contribution in [0.4, 0.5) is 13.2 Å². The van der Waals surface area contributed by atoms with Crippen molar-refractivity contribution >= 4 is 16.5 Å². The zero-order chi connectivity index (χ0) is 18.6. The van der Waals surface area contributed by atoms with Gasteiger partial charge in [0.05, 0.1) is 0 Å². The van der Waals surface area contributed by atoms with Gasteiger partial charge in [-0.15, -0.1) is 0 Å². The summed E-state index contributed by atoms with van der Waals surface area (Å²) in [6, 6.07) is 6.60. The Morgan fingerprint density at radius 2 is 1.60 bits per heavy atom. The van der Waals surface area contributed by atoms with Crippen molar-refractivity contribution < 1.29 is 22.1 Å². The second-order valence-electron chi connectivity index (χ2n) is 5.82. The second-order valence-corrected chi connectivity index (χ2v) is 9.44. The van der Waals surface area contributed by atoms with E-state index in [0.717, 1.165) is 12.1 Å². The van der Waals surface area contributed by atoms with Crippen LogP contribution in [0, 0.1) is 17.5 Å². The lowest BCUT2D eigenvalue weighted by atomic mass is 10.2. The molecule has 2 rings (SSSR count). The molecule has 0 bridgehead atoms. The van der Waals surface area contributed by atoms with Gasteiger partial charge in [0.15, 0.2) is 11.6 Å².